The van der Waals surface area contributed by atoms with Crippen LogP contribution in [0.4, 0.5) is 0 Å². The molecule has 2 aromatic carbocycles. The van der Waals surface area contributed by atoms with Crippen molar-refractivity contribution in [1.82, 2.24) is 0 Å². The molecule has 0 aliphatic carbocycles. The lowest BCUT2D eigenvalue weighted by atomic mass is 10.0. The Morgan fingerprint density at radius 2 is 1.88 bits per heavy atom. The Bertz CT molecular complexity index is 598. The molecule has 0 unspecified atom stereocenters. The maximum atomic E-state index is 10.9. The van der Waals surface area contributed by atoms with Crippen molar-refractivity contribution in [3.63, 3.8) is 0 Å². The molecule has 0 aliphatic rings. The fourth-order valence-electron chi connectivity index (χ4n) is 1.61. The second-order valence-corrected chi connectivity index (χ2v) is 4.64. The van der Waals surface area contributed by atoms with Gasteiger partial charge in [-0.2, -0.15) is 0 Å². The number of hydrogen-bond donors (Lipinski definition) is 2. The quantitative estimate of drug-likeness (QED) is 0.808. The van der Waals surface area contributed by atoms with E-state index >= 15 is 0 Å². The second kappa shape index (κ2) is 5.12. The van der Waals surface area contributed by atoms with Gasteiger partial charge in [-0.3, -0.25) is 0 Å². The van der Waals surface area contributed by atoms with Gasteiger partial charge in [-0.15, -0.1) is 0 Å². The molecule has 2 N–H and O–H groups in total. The Labute approximate surface area is 102 Å². The highest BCUT2D eigenvalue weighted by Crippen LogP contribution is 2.21. The SMILES string of the molecule is NCc1[c]ccc(-c2cccc([SH](=O)=O)c2)c1. The van der Waals surface area contributed by atoms with Gasteiger partial charge in [0, 0.05) is 6.54 Å². The maximum absolute atomic E-state index is 10.9. The third-order valence-electron chi connectivity index (χ3n) is 2.47. The largest absolute Gasteiger partial charge is 0.326 e. The summed E-state index contributed by atoms with van der Waals surface area (Å²) < 4.78 is 21.8. The van der Waals surface area contributed by atoms with Crippen molar-refractivity contribution in [2.75, 3.05) is 0 Å². The van der Waals surface area contributed by atoms with Crippen LogP contribution in [0.25, 0.3) is 11.1 Å². The number of thiol groups is 1. The minimum atomic E-state index is -2.55. The van der Waals surface area contributed by atoms with Gasteiger partial charge >= 0.3 is 0 Å². The van der Waals surface area contributed by atoms with Crippen LogP contribution in [0, 0.1) is 6.07 Å². The van der Waals surface area contributed by atoms with Gasteiger partial charge in [-0.25, -0.2) is 8.42 Å². The first-order valence-corrected chi connectivity index (χ1v) is 6.34. The van der Waals surface area contributed by atoms with Crippen LogP contribution >= 0.6 is 0 Å². The number of rotatable bonds is 3. The lowest BCUT2D eigenvalue weighted by molar-refractivity contribution is 0.614. The Balaban J connectivity index is 2.48. The van der Waals surface area contributed by atoms with Gasteiger partial charge in [0.1, 0.15) is 0 Å². The average Bonchev–Trinajstić information content (AvgIpc) is 2.39. The first kappa shape index (κ1) is 11.8. The molecular weight excluding hydrogens is 234 g/mol. The molecule has 0 saturated heterocycles. The molecular formula is C13H12NO2S. The summed E-state index contributed by atoms with van der Waals surface area (Å²) >= 11 is 0. The Morgan fingerprint density at radius 1 is 1.12 bits per heavy atom. The van der Waals surface area contributed by atoms with Gasteiger partial charge in [0.25, 0.3) is 0 Å². The van der Waals surface area contributed by atoms with Gasteiger partial charge < -0.3 is 5.73 Å². The molecule has 0 saturated carbocycles. The molecule has 17 heavy (non-hydrogen) atoms. The molecule has 87 valence electrons. The van der Waals surface area contributed by atoms with E-state index in [9.17, 15) is 8.42 Å². The number of hydrogen-bond acceptors (Lipinski definition) is 3. The first-order valence-electron chi connectivity index (χ1n) is 5.16. The predicted molar refractivity (Wildman–Crippen MR) is 67.2 cm³/mol. The van der Waals surface area contributed by atoms with Crippen molar-refractivity contribution in [2.45, 2.75) is 11.4 Å². The van der Waals surface area contributed by atoms with Crippen LogP contribution in [0.5, 0.6) is 0 Å². The molecule has 3 nitrogen and oxygen atoms in total. The zero-order chi connectivity index (χ0) is 12.3. The van der Waals surface area contributed by atoms with Crippen molar-refractivity contribution in [3.8, 4) is 11.1 Å². The van der Waals surface area contributed by atoms with Crippen molar-refractivity contribution in [1.29, 1.82) is 0 Å². The third-order valence-corrected chi connectivity index (χ3v) is 3.17. The van der Waals surface area contributed by atoms with Crippen LogP contribution in [0.2, 0.25) is 0 Å². The Hall–Kier alpha value is -1.65. The van der Waals surface area contributed by atoms with Gasteiger partial charge in [0.2, 0.25) is 0 Å². The molecule has 2 rings (SSSR count). The average molecular weight is 246 g/mol. The highest BCUT2D eigenvalue weighted by molar-refractivity contribution is 7.72. The van der Waals surface area contributed by atoms with Gasteiger partial charge in [0.05, 0.1) is 4.90 Å². The van der Waals surface area contributed by atoms with E-state index < -0.39 is 10.7 Å². The summed E-state index contributed by atoms with van der Waals surface area (Å²) in [6.45, 7) is 0.420. The summed E-state index contributed by atoms with van der Waals surface area (Å²) in [7, 11) is -2.55. The molecule has 0 amide bonds. The summed E-state index contributed by atoms with van der Waals surface area (Å²) in [5, 5.41) is 0. The van der Waals surface area contributed by atoms with Crippen molar-refractivity contribution >= 4 is 10.7 Å². The van der Waals surface area contributed by atoms with Crippen LogP contribution in [0.15, 0.2) is 47.4 Å². The minimum Gasteiger partial charge on any atom is -0.326 e. The molecule has 0 heterocycles. The second-order valence-electron chi connectivity index (χ2n) is 3.61. The van der Waals surface area contributed by atoms with E-state index in [2.05, 4.69) is 6.07 Å². The normalized spacial score (nSPS) is 10.7. The van der Waals surface area contributed by atoms with E-state index in [4.69, 9.17) is 5.73 Å². The van der Waals surface area contributed by atoms with E-state index in [0.717, 1.165) is 16.7 Å². The molecule has 0 aromatic heterocycles. The van der Waals surface area contributed by atoms with Gasteiger partial charge in [-0.1, -0.05) is 24.3 Å². The lowest BCUT2D eigenvalue weighted by Crippen LogP contribution is -1.96. The molecule has 4 heteroatoms. The highest BCUT2D eigenvalue weighted by Gasteiger charge is 2.01. The van der Waals surface area contributed by atoms with E-state index in [1.54, 1.807) is 24.3 Å². The highest BCUT2D eigenvalue weighted by atomic mass is 32.2. The first-order chi connectivity index (χ1) is 8.20. The zero-order valence-corrected chi connectivity index (χ0v) is 9.98. The molecule has 0 bridgehead atoms. The molecule has 0 aliphatic heterocycles. The zero-order valence-electron chi connectivity index (χ0n) is 9.09. The van der Waals surface area contributed by atoms with E-state index in [-0.39, 0.29) is 0 Å². The third kappa shape index (κ3) is 2.72. The van der Waals surface area contributed by atoms with Crippen LogP contribution in [0.1, 0.15) is 5.56 Å². The summed E-state index contributed by atoms with van der Waals surface area (Å²) in [6, 6.07) is 15.4. The van der Waals surface area contributed by atoms with Crippen molar-refractivity contribution in [2.24, 2.45) is 5.73 Å². The molecule has 1 radical (unpaired) electrons. The van der Waals surface area contributed by atoms with Gasteiger partial charge in [0.15, 0.2) is 10.7 Å². The number of benzene rings is 2. The van der Waals surface area contributed by atoms with E-state index in [1.807, 2.05) is 18.2 Å². The Morgan fingerprint density at radius 3 is 2.59 bits per heavy atom. The van der Waals surface area contributed by atoms with Crippen molar-refractivity contribution in [3.05, 3.63) is 54.1 Å². The summed E-state index contributed by atoms with van der Waals surface area (Å²) in [6.07, 6.45) is 0. The van der Waals surface area contributed by atoms with E-state index in [0.29, 0.717) is 11.4 Å². The van der Waals surface area contributed by atoms with E-state index in [1.165, 1.54) is 0 Å². The lowest BCUT2D eigenvalue weighted by Gasteiger charge is -2.04. The fraction of sp³-hybridized carbons (Fsp3) is 0.0769. The van der Waals surface area contributed by atoms with Crippen LogP contribution in [0.3, 0.4) is 0 Å². The van der Waals surface area contributed by atoms with Crippen LogP contribution in [-0.4, -0.2) is 8.42 Å². The fourth-order valence-corrected chi connectivity index (χ4v) is 2.06. The molecule has 0 atom stereocenters. The summed E-state index contributed by atoms with van der Waals surface area (Å²) in [4.78, 5) is 0.319. The Kier molecular flexibility index (Phi) is 3.56. The smallest absolute Gasteiger partial charge is 0.168 e. The summed E-state index contributed by atoms with van der Waals surface area (Å²) in [5.74, 6) is 0. The topological polar surface area (TPSA) is 60.2 Å². The summed E-state index contributed by atoms with van der Waals surface area (Å²) in [5.41, 5.74) is 8.26. The van der Waals surface area contributed by atoms with Crippen molar-refractivity contribution < 1.29 is 8.42 Å². The predicted octanol–water partition coefficient (Wildman–Crippen LogP) is 1.58. The van der Waals surface area contributed by atoms with Crippen LogP contribution < -0.4 is 5.73 Å². The molecule has 0 spiro atoms. The van der Waals surface area contributed by atoms with Crippen LogP contribution in [-0.2, 0) is 17.2 Å². The van der Waals surface area contributed by atoms with Gasteiger partial charge in [-0.05, 0) is 41.0 Å². The monoisotopic (exact) mass is 246 g/mol. The number of nitrogens with two attached hydrogens (primary N) is 1. The molecule has 2 aromatic rings. The minimum absolute atomic E-state index is 0.319. The maximum Gasteiger partial charge on any atom is 0.168 e. The standard InChI is InChI=1S/C13H12NO2S/c14-9-10-3-1-4-11(7-10)12-5-2-6-13(8-12)17(15)16/h1-2,4-8,17H,9,14H2. The molecule has 0 fully saturated rings.